The lowest BCUT2D eigenvalue weighted by molar-refractivity contribution is -0.142. The van der Waals surface area contributed by atoms with Gasteiger partial charge in [0.1, 0.15) is 6.69 Å². The van der Waals surface area contributed by atoms with Crippen molar-refractivity contribution in [2.45, 2.75) is 122 Å². The van der Waals surface area contributed by atoms with Crippen LogP contribution in [0.1, 0.15) is 96.8 Å². The summed E-state index contributed by atoms with van der Waals surface area (Å²) in [5, 5.41) is 0. The lowest BCUT2D eigenvalue weighted by Crippen LogP contribution is -2.13. The van der Waals surface area contributed by atoms with Crippen molar-refractivity contribution in [2.24, 2.45) is 0 Å². The van der Waals surface area contributed by atoms with Gasteiger partial charge in [-0.3, -0.25) is 0 Å². The molecule has 4 heteroatoms. The summed E-state index contributed by atoms with van der Waals surface area (Å²) < 4.78 is 5.17. The zero-order valence-electron chi connectivity index (χ0n) is 17.7. The molecule has 154 valence electrons. The first-order valence-corrected chi connectivity index (χ1v) is 16.3. The molecule has 0 aliphatic rings. The van der Waals surface area contributed by atoms with Crippen molar-refractivity contribution in [2.75, 3.05) is 0 Å². The fraction of sp³-hybridized carbons (Fsp3) is 0.864. The minimum Gasteiger partial charge on any atom is -0.460 e. The number of carbonyl (C=O) groups is 1. The van der Waals surface area contributed by atoms with E-state index in [0.717, 1.165) is 12.8 Å². The van der Waals surface area contributed by atoms with E-state index >= 15 is 0 Å². The van der Waals surface area contributed by atoms with Crippen molar-refractivity contribution in [3.8, 4) is 0 Å². The highest BCUT2D eigenvalue weighted by atomic mass is 79.9. The van der Waals surface area contributed by atoms with Crippen LogP contribution in [0.25, 0.3) is 0 Å². The van der Waals surface area contributed by atoms with E-state index in [2.05, 4.69) is 35.0 Å². The van der Waals surface area contributed by atoms with Gasteiger partial charge in [0.2, 0.25) is 0 Å². The standard InChI is InChI=1S/C22H43BrO2Si/c1-5-22(24)25-21(2)19-17-15-13-11-9-7-6-8-10-12-14-16-18-20-26(3,4)23/h5,21H,1,6-20H2,2-4H3. The molecular weight excluding hydrogens is 404 g/mol. The summed E-state index contributed by atoms with van der Waals surface area (Å²) >= 11 is 3.85. The lowest BCUT2D eigenvalue weighted by Gasteiger charge is -2.12. The summed E-state index contributed by atoms with van der Waals surface area (Å²) in [6.07, 6.45) is 20.0. The Morgan fingerprint density at radius 3 is 1.65 bits per heavy atom. The molecule has 0 aliphatic carbocycles. The van der Waals surface area contributed by atoms with Gasteiger partial charge in [0, 0.05) is 6.08 Å². The SMILES string of the molecule is C=CC(=O)OC(C)CCCCCCCCCCCCCCC[Si](C)(C)Br. The van der Waals surface area contributed by atoms with Crippen molar-refractivity contribution >= 4 is 28.0 Å². The van der Waals surface area contributed by atoms with E-state index in [1.807, 2.05) is 6.92 Å². The van der Waals surface area contributed by atoms with Gasteiger partial charge in [0.05, 0.1) is 6.10 Å². The Hall–Kier alpha value is -0.0931. The molecule has 0 aliphatic heterocycles. The lowest BCUT2D eigenvalue weighted by atomic mass is 10.0. The van der Waals surface area contributed by atoms with Gasteiger partial charge < -0.3 is 4.74 Å². The number of halogens is 1. The Morgan fingerprint density at radius 1 is 0.885 bits per heavy atom. The van der Waals surface area contributed by atoms with Crippen molar-refractivity contribution in [1.29, 1.82) is 0 Å². The van der Waals surface area contributed by atoms with E-state index in [4.69, 9.17) is 4.74 Å². The topological polar surface area (TPSA) is 26.3 Å². The number of rotatable bonds is 18. The van der Waals surface area contributed by atoms with Gasteiger partial charge in [-0.2, -0.15) is 0 Å². The Morgan fingerprint density at radius 2 is 1.27 bits per heavy atom. The van der Waals surface area contributed by atoms with Crippen molar-refractivity contribution < 1.29 is 9.53 Å². The maximum absolute atomic E-state index is 11.1. The molecule has 0 rings (SSSR count). The summed E-state index contributed by atoms with van der Waals surface area (Å²) in [5.41, 5.74) is 0. The average Bonchev–Trinajstić information content (AvgIpc) is 2.57. The second-order valence-corrected chi connectivity index (χ2v) is 18.7. The minimum atomic E-state index is -0.985. The van der Waals surface area contributed by atoms with Crippen LogP contribution >= 0.6 is 15.3 Å². The first-order valence-electron chi connectivity index (χ1n) is 10.9. The first-order chi connectivity index (χ1) is 12.3. The number of hydrogen-bond donors (Lipinski definition) is 0. The molecule has 0 radical (unpaired) electrons. The fourth-order valence-corrected chi connectivity index (χ4v) is 5.16. The van der Waals surface area contributed by atoms with Crippen LogP contribution in [0.15, 0.2) is 12.7 Å². The number of esters is 1. The highest BCUT2D eigenvalue weighted by Crippen LogP contribution is 2.21. The second-order valence-electron chi connectivity index (χ2n) is 8.31. The molecule has 1 atom stereocenters. The molecule has 0 spiro atoms. The van der Waals surface area contributed by atoms with Crippen LogP contribution in [-0.4, -0.2) is 18.8 Å². The molecule has 0 saturated carbocycles. The van der Waals surface area contributed by atoms with Crippen molar-refractivity contribution in [1.82, 2.24) is 0 Å². The predicted octanol–water partition coefficient (Wildman–Crippen LogP) is 8.17. The van der Waals surface area contributed by atoms with E-state index < -0.39 is 6.69 Å². The molecule has 0 N–H and O–H groups in total. The normalized spacial score (nSPS) is 12.8. The maximum Gasteiger partial charge on any atom is 0.330 e. The van der Waals surface area contributed by atoms with Crippen LogP contribution in [0.2, 0.25) is 19.1 Å². The number of hydrogen-bond acceptors (Lipinski definition) is 2. The zero-order chi connectivity index (χ0) is 19.7. The first kappa shape index (κ1) is 25.9. The van der Waals surface area contributed by atoms with E-state index in [-0.39, 0.29) is 12.1 Å². The minimum absolute atomic E-state index is 0.0218. The molecule has 0 aromatic heterocycles. The largest absolute Gasteiger partial charge is 0.460 e. The highest BCUT2D eigenvalue weighted by Gasteiger charge is 2.14. The molecule has 26 heavy (non-hydrogen) atoms. The van der Waals surface area contributed by atoms with E-state index in [1.54, 1.807) is 0 Å². The maximum atomic E-state index is 11.1. The molecule has 0 aromatic rings. The Bertz CT molecular complexity index is 353. The predicted molar refractivity (Wildman–Crippen MR) is 122 cm³/mol. The van der Waals surface area contributed by atoms with Crippen LogP contribution in [0.4, 0.5) is 0 Å². The zero-order valence-corrected chi connectivity index (χ0v) is 20.2. The highest BCUT2D eigenvalue weighted by molar-refractivity contribution is 9.26. The smallest absolute Gasteiger partial charge is 0.330 e. The van der Waals surface area contributed by atoms with Gasteiger partial charge in [-0.05, 0) is 25.8 Å². The number of carbonyl (C=O) groups excluding carboxylic acids is 1. The third-order valence-electron chi connectivity index (χ3n) is 4.87. The fourth-order valence-electron chi connectivity index (χ4n) is 3.23. The molecule has 0 bridgehead atoms. The van der Waals surface area contributed by atoms with E-state index in [1.165, 1.54) is 89.2 Å². The van der Waals surface area contributed by atoms with Gasteiger partial charge >= 0.3 is 5.97 Å². The van der Waals surface area contributed by atoms with Crippen LogP contribution in [0, 0.1) is 0 Å². The Kier molecular flexibility index (Phi) is 17.0. The molecule has 2 nitrogen and oxygen atoms in total. The molecule has 0 heterocycles. The average molecular weight is 448 g/mol. The van der Waals surface area contributed by atoms with Crippen LogP contribution in [-0.2, 0) is 9.53 Å². The van der Waals surface area contributed by atoms with Crippen molar-refractivity contribution in [3.05, 3.63) is 12.7 Å². The van der Waals surface area contributed by atoms with E-state index in [0.29, 0.717) is 0 Å². The van der Waals surface area contributed by atoms with Gasteiger partial charge in [0.15, 0.2) is 0 Å². The van der Waals surface area contributed by atoms with Gasteiger partial charge in [-0.25, -0.2) is 4.79 Å². The van der Waals surface area contributed by atoms with Gasteiger partial charge in [-0.15, -0.1) is 15.3 Å². The molecule has 0 fully saturated rings. The van der Waals surface area contributed by atoms with Crippen LogP contribution in [0.3, 0.4) is 0 Å². The van der Waals surface area contributed by atoms with Crippen LogP contribution < -0.4 is 0 Å². The van der Waals surface area contributed by atoms with Gasteiger partial charge in [0.25, 0.3) is 0 Å². The second kappa shape index (κ2) is 17.0. The van der Waals surface area contributed by atoms with Gasteiger partial charge in [-0.1, -0.05) is 96.7 Å². The summed E-state index contributed by atoms with van der Waals surface area (Å²) in [7, 11) is 0. The Balaban J connectivity index is 3.18. The number of ether oxygens (including phenoxy) is 1. The third kappa shape index (κ3) is 20.2. The Labute approximate surface area is 172 Å². The van der Waals surface area contributed by atoms with Crippen LogP contribution in [0.5, 0.6) is 0 Å². The van der Waals surface area contributed by atoms with E-state index in [9.17, 15) is 4.79 Å². The summed E-state index contributed by atoms with van der Waals surface area (Å²) in [5.74, 6) is -0.304. The van der Waals surface area contributed by atoms with Crippen molar-refractivity contribution in [3.63, 3.8) is 0 Å². The summed E-state index contributed by atoms with van der Waals surface area (Å²) in [6.45, 7) is 9.19. The molecule has 0 aromatic carbocycles. The molecule has 0 amide bonds. The third-order valence-corrected chi connectivity index (χ3v) is 7.60. The number of unbranched alkanes of at least 4 members (excludes halogenated alkanes) is 12. The summed E-state index contributed by atoms with van der Waals surface area (Å²) in [4.78, 5) is 11.1. The molecule has 0 saturated heterocycles. The summed E-state index contributed by atoms with van der Waals surface area (Å²) in [6, 6.07) is 1.42. The quantitative estimate of drug-likeness (QED) is 0.0696. The molecular formula is C22H43BrO2Si. The monoisotopic (exact) mass is 446 g/mol. The molecule has 1 unspecified atom stereocenters.